The molecule has 0 aromatic carbocycles. The normalized spacial score (nSPS) is 56.2. The Labute approximate surface area is 257 Å². The van der Waals surface area contributed by atoms with Gasteiger partial charge in [0, 0.05) is 16.5 Å². The molecule has 8 bridgehead atoms. The molecule has 8 nitrogen and oxygen atoms in total. The molecule has 8 unspecified atom stereocenters. The molecule has 9 fully saturated rings. The van der Waals surface area contributed by atoms with Crippen LogP contribution in [-0.4, -0.2) is 49.3 Å². The van der Waals surface area contributed by atoms with Gasteiger partial charge in [-0.15, -0.1) is 0 Å². The zero-order valence-corrected chi connectivity index (χ0v) is 25.9. The van der Waals surface area contributed by atoms with Crippen LogP contribution in [0.4, 0.5) is 0 Å². The Morgan fingerprint density at radius 2 is 0.341 bits per heavy atom. The first-order valence-electron chi connectivity index (χ1n) is 17.9. The quantitative estimate of drug-likeness (QED) is 0.198. The summed E-state index contributed by atoms with van der Waals surface area (Å²) in [7, 11) is 0. The van der Waals surface area contributed by atoms with E-state index in [1.54, 1.807) is 0 Å². The molecule has 8 atom stereocenters. The molecule has 234 valence electrons. The smallest absolute Gasteiger partial charge is 0.0628 e. The molecular weight excluding hydrogens is 555 g/mol. The third-order valence-electron chi connectivity index (χ3n) is 13.8. The van der Waals surface area contributed by atoms with Crippen LogP contribution in [-0.2, 0) is 16.5 Å². The van der Waals surface area contributed by atoms with Crippen LogP contribution < -0.4 is 42.5 Å². The van der Waals surface area contributed by atoms with E-state index in [0.29, 0.717) is 49.3 Å². The number of hydrogen-bond acceptors (Lipinski definition) is 8. The van der Waals surface area contributed by atoms with Crippen molar-refractivity contribution in [3.05, 3.63) is 0 Å². The predicted octanol–water partition coefficient (Wildman–Crippen LogP) is 2.60. The van der Waals surface area contributed by atoms with Crippen LogP contribution in [0.15, 0.2) is 0 Å². The van der Waals surface area contributed by atoms with Gasteiger partial charge in [0.25, 0.3) is 0 Å². The van der Waals surface area contributed by atoms with Crippen LogP contribution in [0.5, 0.6) is 0 Å². The topological polar surface area (TPSA) is 96.2 Å². The maximum Gasteiger partial charge on any atom is 0.0628 e. The Morgan fingerprint density at radius 1 is 0.220 bits per heavy atom. The van der Waals surface area contributed by atoms with Crippen LogP contribution in [0.3, 0.4) is 0 Å². The van der Waals surface area contributed by atoms with Gasteiger partial charge < -0.3 is 0 Å². The fourth-order valence-corrected chi connectivity index (χ4v) is 12.0. The van der Waals surface area contributed by atoms with Gasteiger partial charge in [-0.1, -0.05) is 51.4 Å². The zero-order valence-electron chi connectivity index (χ0n) is 24.9. The maximum absolute atomic E-state index is 4.26. The molecule has 0 amide bonds. The van der Waals surface area contributed by atoms with Crippen LogP contribution in [0.2, 0.25) is 0 Å². The molecule has 0 aromatic heterocycles. The summed E-state index contributed by atoms with van der Waals surface area (Å²) in [5.74, 6) is 5.97. The van der Waals surface area contributed by atoms with E-state index < -0.39 is 0 Å². The van der Waals surface area contributed by atoms with Crippen LogP contribution in [0, 0.1) is 47.3 Å². The summed E-state index contributed by atoms with van der Waals surface area (Å²) in [6.07, 6.45) is 25.6. The van der Waals surface area contributed by atoms with E-state index in [0.717, 1.165) is 47.3 Å². The van der Waals surface area contributed by atoms with Gasteiger partial charge in [-0.05, 0) is 98.7 Å². The standard InChI is InChI=1S/C32H56N8.Ni/c1-2-10-18-17(9-1)25-33-26(18)38-28-21-13-5-6-14-22(21)30(35-28)40-32-24-16-8-7-15-23(24)31(36-32)39-29-20-12-4-3-11-19(20)27(34-29)37-25;/h17-40H,1-16H2;. The van der Waals surface area contributed by atoms with Gasteiger partial charge in [0.1, 0.15) is 0 Å². The molecule has 9 aliphatic rings. The first-order chi connectivity index (χ1) is 19.8. The van der Waals surface area contributed by atoms with Gasteiger partial charge in [-0.3, -0.25) is 42.5 Å². The average molecular weight is 612 g/mol. The molecule has 9 rings (SSSR count). The number of fused-ring (bicyclic) bond motifs is 20. The van der Waals surface area contributed by atoms with Crippen molar-refractivity contribution in [2.45, 2.75) is 152 Å². The molecule has 41 heavy (non-hydrogen) atoms. The Bertz CT molecular complexity index is 716. The van der Waals surface area contributed by atoms with Crippen molar-refractivity contribution < 1.29 is 16.5 Å². The molecule has 4 saturated carbocycles. The molecule has 0 radical (unpaired) electrons. The summed E-state index contributed by atoms with van der Waals surface area (Å²) in [6.45, 7) is 0. The fourth-order valence-electron chi connectivity index (χ4n) is 12.0. The molecule has 8 N–H and O–H groups in total. The van der Waals surface area contributed by atoms with Crippen LogP contribution >= 0.6 is 0 Å². The van der Waals surface area contributed by atoms with E-state index in [2.05, 4.69) is 42.5 Å². The molecule has 0 spiro atoms. The monoisotopic (exact) mass is 610 g/mol. The fraction of sp³-hybridized carbons (Fsp3) is 1.00. The van der Waals surface area contributed by atoms with E-state index in [9.17, 15) is 0 Å². The van der Waals surface area contributed by atoms with E-state index >= 15 is 0 Å². The molecule has 5 heterocycles. The van der Waals surface area contributed by atoms with Gasteiger partial charge in [0.05, 0.1) is 49.3 Å². The van der Waals surface area contributed by atoms with Gasteiger partial charge in [-0.2, -0.15) is 0 Å². The number of nitrogens with one attached hydrogen (secondary N) is 8. The summed E-state index contributed by atoms with van der Waals surface area (Å²) < 4.78 is 0. The van der Waals surface area contributed by atoms with Crippen molar-refractivity contribution >= 4 is 0 Å². The second kappa shape index (κ2) is 11.8. The minimum Gasteiger partial charge on any atom is -0.286 e. The summed E-state index contributed by atoms with van der Waals surface area (Å²) in [4.78, 5) is 0. The van der Waals surface area contributed by atoms with Crippen molar-refractivity contribution in [1.82, 2.24) is 42.5 Å². The first kappa shape index (κ1) is 28.6. The van der Waals surface area contributed by atoms with Crippen molar-refractivity contribution in [3.8, 4) is 0 Å². The third kappa shape index (κ3) is 5.00. The largest absolute Gasteiger partial charge is 0.286 e. The Hall–Kier alpha value is 0.174. The average Bonchev–Trinajstić information content (AvgIpc) is 3.73. The van der Waals surface area contributed by atoms with Crippen molar-refractivity contribution in [2.75, 3.05) is 0 Å². The molecule has 0 aromatic rings. The second-order valence-electron chi connectivity index (χ2n) is 15.6. The first-order valence-corrected chi connectivity index (χ1v) is 17.9. The van der Waals surface area contributed by atoms with Crippen molar-refractivity contribution in [3.63, 3.8) is 0 Å². The van der Waals surface area contributed by atoms with E-state index in [4.69, 9.17) is 0 Å². The second-order valence-corrected chi connectivity index (χ2v) is 15.6. The van der Waals surface area contributed by atoms with Gasteiger partial charge in [-0.25, -0.2) is 0 Å². The van der Waals surface area contributed by atoms with Crippen LogP contribution in [0.25, 0.3) is 0 Å². The minimum absolute atomic E-state index is 0. The Balaban J connectivity index is 0.00000256. The number of hydrogen-bond donors (Lipinski definition) is 8. The van der Waals surface area contributed by atoms with Gasteiger partial charge >= 0.3 is 0 Å². The van der Waals surface area contributed by atoms with Gasteiger partial charge in [0.15, 0.2) is 0 Å². The summed E-state index contributed by atoms with van der Waals surface area (Å²) >= 11 is 0. The van der Waals surface area contributed by atoms with Crippen molar-refractivity contribution in [1.29, 1.82) is 0 Å². The molecular formula is C32H56N8Ni. The van der Waals surface area contributed by atoms with E-state index in [-0.39, 0.29) is 16.5 Å². The third-order valence-corrected chi connectivity index (χ3v) is 13.8. The summed E-state index contributed by atoms with van der Waals surface area (Å²) in [5, 5.41) is 33.8. The van der Waals surface area contributed by atoms with E-state index in [1.807, 2.05) is 0 Å². The Morgan fingerprint density at radius 3 is 0.463 bits per heavy atom. The maximum atomic E-state index is 4.26. The molecule has 4 aliphatic carbocycles. The molecule has 9 heteroatoms. The minimum atomic E-state index is 0. The summed E-state index contributed by atoms with van der Waals surface area (Å²) in [5.41, 5.74) is 0. The Kier molecular flexibility index (Phi) is 8.27. The SMILES string of the molecule is C1CCC2C3NC(NC4NC(NC5NC(NC6NC(N3)C3CCCCC63)C3CCCCC53)C3CCCCC43)C2C1.[Ni]. The number of rotatable bonds is 0. The van der Waals surface area contributed by atoms with Crippen molar-refractivity contribution in [2.24, 2.45) is 47.3 Å². The molecule has 5 aliphatic heterocycles. The van der Waals surface area contributed by atoms with E-state index in [1.165, 1.54) is 103 Å². The zero-order chi connectivity index (χ0) is 26.2. The summed E-state index contributed by atoms with van der Waals surface area (Å²) in [6, 6.07) is 0. The van der Waals surface area contributed by atoms with Crippen LogP contribution in [0.1, 0.15) is 103 Å². The van der Waals surface area contributed by atoms with Gasteiger partial charge in [0.2, 0.25) is 0 Å². The predicted molar refractivity (Wildman–Crippen MR) is 157 cm³/mol. The molecule has 5 saturated heterocycles.